The van der Waals surface area contributed by atoms with Crippen molar-refractivity contribution in [1.82, 2.24) is 9.55 Å². The molecule has 1 unspecified atom stereocenters. The Morgan fingerprint density at radius 1 is 1.29 bits per heavy atom. The van der Waals surface area contributed by atoms with E-state index in [1.165, 1.54) is 6.07 Å². The molecule has 5 atom stereocenters. The van der Waals surface area contributed by atoms with Gasteiger partial charge in [-0.3, -0.25) is 9.13 Å². The largest absolute Gasteiger partial charge is 1.00 e. The van der Waals surface area contributed by atoms with E-state index in [4.69, 9.17) is 10.5 Å². The van der Waals surface area contributed by atoms with Crippen molar-refractivity contribution in [2.45, 2.75) is 24.5 Å². The number of anilines is 1. The van der Waals surface area contributed by atoms with E-state index < -0.39 is 51.4 Å². The normalized spacial score (nSPS) is 26.3. The molecule has 2 heterocycles. The second-order valence-electron chi connectivity index (χ2n) is 4.86. The minimum Gasteiger partial charge on any atom is -0.812 e. The molecule has 142 valence electrons. The van der Waals surface area contributed by atoms with Gasteiger partial charge in [-0.2, -0.15) is 4.98 Å². The first-order valence-electron chi connectivity index (χ1n) is 6.45. The molecular formula is C9H12N3Na3O10P2S. The molecule has 28 heavy (non-hydrogen) atoms. The van der Waals surface area contributed by atoms with E-state index in [-0.39, 0.29) is 94.5 Å². The van der Waals surface area contributed by atoms with Gasteiger partial charge in [0.05, 0.1) is 6.61 Å². The van der Waals surface area contributed by atoms with Crippen molar-refractivity contribution in [1.29, 1.82) is 0 Å². The van der Waals surface area contributed by atoms with E-state index >= 15 is 0 Å². The van der Waals surface area contributed by atoms with Gasteiger partial charge in [0, 0.05) is 6.20 Å². The number of hydrogen-bond acceptors (Lipinski definition) is 13. The first-order chi connectivity index (χ1) is 11.4. The summed E-state index contributed by atoms with van der Waals surface area (Å²) < 4.78 is 25.2. The molecule has 13 nitrogen and oxygen atoms in total. The van der Waals surface area contributed by atoms with Crippen LogP contribution < -0.4 is 115 Å². The van der Waals surface area contributed by atoms with Gasteiger partial charge in [0.25, 0.3) is 7.82 Å². The molecule has 0 amide bonds. The number of aliphatic hydroxyl groups excluding tert-OH is 2. The zero-order valence-corrected chi connectivity index (χ0v) is 23.7. The summed E-state index contributed by atoms with van der Waals surface area (Å²) in [5.41, 5.74) is 4.45. The van der Waals surface area contributed by atoms with Gasteiger partial charge in [-0.15, -0.1) is 11.8 Å². The molecule has 0 saturated carbocycles. The monoisotopic (exact) mass is 485 g/mol. The zero-order valence-electron chi connectivity index (χ0n) is 15.1. The SMILES string of the molecule is Nc1ccn([C@@H]2O[C@H](COP(=O)([O-])OP([O-])([O-])=S)[C@@H](O)[C@H]2O)c(=O)n1.[Na+].[Na+].[Na+]. The van der Waals surface area contributed by atoms with Crippen molar-refractivity contribution >= 4 is 32.2 Å². The van der Waals surface area contributed by atoms with Crippen molar-refractivity contribution < 1.29 is 132 Å². The molecule has 1 fully saturated rings. The van der Waals surface area contributed by atoms with Gasteiger partial charge in [0.2, 0.25) is 0 Å². The Morgan fingerprint density at radius 3 is 2.36 bits per heavy atom. The average Bonchev–Trinajstić information content (AvgIpc) is 2.71. The van der Waals surface area contributed by atoms with Gasteiger partial charge in [-0.05, 0) is 6.07 Å². The standard InChI is InChI=1S/C9H15N3O10P2S.3Na/c10-5-1-2-12(9(15)11-5)8-7(14)6(13)4(21-8)3-20-23(16,17)22-24(18,19)25;;;/h1-2,4,6-8,13-14H,3H2,(H,16,17)(H2,10,11,15)(H2,18,19,25);;;/q;3*+1/p-3/t4-,6-,7-,8-;;;/m1.../s1. The van der Waals surface area contributed by atoms with Crippen molar-refractivity contribution in [2.24, 2.45) is 0 Å². The minimum absolute atomic E-state index is 0. The number of nitrogens with zero attached hydrogens (tertiary/aromatic N) is 2. The fourth-order valence-corrected chi connectivity index (χ4v) is 4.26. The number of phosphoric ester groups is 1. The quantitative estimate of drug-likeness (QED) is 0.252. The van der Waals surface area contributed by atoms with E-state index in [1.807, 2.05) is 0 Å². The number of ether oxygens (including phenoxy) is 1. The van der Waals surface area contributed by atoms with E-state index in [0.29, 0.717) is 0 Å². The topological polar surface area (TPSA) is 215 Å². The second kappa shape index (κ2) is 13.1. The smallest absolute Gasteiger partial charge is 0.812 e. The van der Waals surface area contributed by atoms with Crippen LogP contribution in [0.5, 0.6) is 0 Å². The summed E-state index contributed by atoms with van der Waals surface area (Å²) in [6.07, 6.45) is -4.96. The molecule has 4 N–H and O–H groups in total. The number of nitrogens with two attached hydrogens (primary N) is 1. The third-order valence-electron chi connectivity index (χ3n) is 3.06. The summed E-state index contributed by atoms with van der Waals surface area (Å²) >= 11 is 3.78. The van der Waals surface area contributed by atoms with Crippen LogP contribution in [0.25, 0.3) is 0 Å². The summed E-state index contributed by atoms with van der Waals surface area (Å²) in [5.74, 6) is -0.0791. The molecule has 1 aliphatic heterocycles. The van der Waals surface area contributed by atoms with Gasteiger partial charge >= 0.3 is 94.4 Å². The molecular weight excluding hydrogens is 473 g/mol. The summed E-state index contributed by atoms with van der Waals surface area (Å²) in [5, 5.41) is 19.8. The summed E-state index contributed by atoms with van der Waals surface area (Å²) in [4.78, 5) is 47.8. The molecule has 1 aromatic rings. The van der Waals surface area contributed by atoms with Gasteiger partial charge in [0.1, 0.15) is 24.1 Å². The van der Waals surface area contributed by atoms with Gasteiger partial charge in [0.15, 0.2) is 6.23 Å². The molecule has 0 radical (unpaired) electrons. The van der Waals surface area contributed by atoms with E-state index in [9.17, 15) is 34.3 Å². The maximum atomic E-state index is 11.7. The fourth-order valence-electron chi connectivity index (χ4n) is 2.03. The number of phosphoric acid groups is 1. The fraction of sp³-hybridized carbons (Fsp3) is 0.556. The van der Waals surface area contributed by atoms with E-state index in [0.717, 1.165) is 10.8 Å². The van der Waals surface area contributed by atoms with Crippen LogP contribution in [-0.4, -0.2) is 44.7 Å². The second-order valence-corrected chi connectivity index (χ2v) is 8.90. The summed E-state index contributed by atoms with van der Waals surface area (Å²) in [7, 11) is -5.32. The van der Waals surface area contributed by atoms with E-state index in [1.54, 1.807) is 0 Å². The molecule has 2 rings (SSSR count). The summed E-state index contributed by atoms with van der Waals surface area (Å²) in [6, 6.07) is 1.24. The summed E-state index contributed by atoms with van der Waals surface area (Å²) in [6.45, 7) is -5.93. The molecule has 1 aromatic heterocycles. The predicted molar refractivity (Wildman–Crippen MR) is 77.8 cm³/mol. The van der Waals surface area contributed by atoms with Crippen LogP contribution in [0.2, 0.25) is 0 Å². The Labute approximate surface area is 230 Å². The van der Waals surface area contributed by atoms with Crippen molar-refractivity contribution in [2.75, 3.05) is 12.3 Å². The first kappa shape index (κ1) is 32.4. The van der Waals surface area contributed by atoms with Crippen molar-refractivity contribution in [3.8, 4) is 0 Å². The van der Waals surface area contributed by atoms with Crippen LogP contribution in [0.3, 0.4) is 0 Å². The Kier molecular flexibility index (Phi) is 15.1. The van der Waals surface area contributed by atoms with Crippen molar-refractivity contribution in [3.05, 3.63) is 22.7 Å². The van der Waals surface area contributed by atoms with Gasteiger partial charge in [-0.25, -0.2) is 4.79 Å². The minimum atomic E-state index is -5.32. The van der Waals surface area contributed by atoms with Gasteiger partial charge in [-0.1, -0.05) is 6.72 Å². The number of aliphatic hydroxyl groups is 2. The maximum absolute atomic E-state index is 11.7. The molecule has 0 spiro atoms. The third-order valence-corrected chi connectivity index (χ3v) is 5.73. The number of hydrogen-bond donors (Lipinski definition) is 3. The third kappa shape index (κ3) is 9.39. The van der Waals surface area contributed by atoms with Crippen LogP contribution in [-0.2, 0) is 29.9 Å². The number of aromatic nitrogens is 2. The molecule has 19 heteroatoms. The van der Waals surface area contributed by atoms with Gasteiger partial charge < -0.3 is 44.2 Å². The molecule has 1 saturated heterocycles. The number of rotatable bonds is 6. The van der Waals surface area contributed by atoms with Crippen LogP contribution in [0.4, 0.5) is 5.82 Å². The average molecular weight is 485 g/mol. The Bertz CT molecular complexity index is 797. The first-order valence-corrected chi connectivity index (χ1v) is 10.5. The van der Waals surface area contributed by atoms with Crippen LogP contribution in [0, 0.1) is 0 Å². The van der Waals surface area contributed by atoms with Crippen LogP contribution in [0.1, 0.15) is 6.23 Å². The molecule has 0 aliphatic carbocycles. The Hall–Kier alpha value is 2.24. The molecule has 1 aliphatic rings. The Balaban J connectivity index is 0. The Morgan fingerprint density at radius 2 is 1.86 bits per heavy atom. The number of nitrogen functional groups attached to an aromatic ring is 1. The zero-order chi connectivity index (χ0) is 19.0. The maximum Gasteiger partial charge on any atom is 1.00 e. The van der Waals surface area contributed by atoms with Crippen LogP contribution in [0.15, 0.2) is 17.1 Å². The molecule has 0 bridgehead atoms. The molecule has 0 aromatic carbocycles. The van der Waals surface area contributed by atoms with Crippen LogP contribution >= 0.6 is 14.5 Å². The predicted octanol–water partition coefficient (Wildman–Crippen LogP) is -13.1. The van der Waals surface area contributed by atoms with E-state index in [2.05, 4.69) is 25.6 Å². The van der Waals surface area contributed by atoms with Crippen molar-refractivity contribution in [3.63, 3.8) is 0 Å².